The number of nitrogens with one attached hydrogen (secondary N) is 3. The topological polar surface area (TPSA) is 244 Å². The van der Waals surface area contributed by atoms with E-state index in [1.165, 1.54) is 42.2 Å². The van der Waals surface area contributed by atoms with Crippen LogP contribution in [-0.2, 0) is 27.1 Å². The Bertz CT molecular complexity index is 3600. The quantitative estimate of drug-likeness (QED) is 0.0548. The van der Waals surface area contributed by atoms with Gasteiger partial charge in [-0.05, 0) is 60.6 Å². The standard InChI is InChI=1S/C57H59F4N13O7/c1-29(2)51(55(78)73-23-39(76)15-47(73)54(77)66-46(25-75)35-12-10-33(11-13-35)36-18-62-28-63-19-36)74-24-45(70-71-74)34-8-6-32(7-9-34)27-80-52-49(48-31(4)43(58)17-44-41(48)21-65-69-44)42(57(59,60)61)16-40-50(52)67-56(81-26-30(3)79-5)68-53(40)72-22-37-14-38(72)20-64-37/h6-13,16-19,21,24,28-30,37-39,46-47,51,64,75-76H,14-15,20,22-23,25-27H2,1-5H3,(H,65,69)(H,66,77)/t30-,37-,38-,39+,46-,47-,51-/m0/s1. The fourth-order valence-electron chi connectivity index (χ4n) is 11.2. The van der Waals surface area contributed by atoms with E-state index in [1.54, 1.807) is 61.9 Å². The second kappa shape index (κ2) is 22.4. The van der Waals surface area contributed by atoms with Gasteiger partial charge in [0.15, 0.2) is 5.75 Å². The van der Waals surface area contributed by atoms with Crippen LogP contribution in [0.3, 0.4) is 0 Å². The zero-order valence-corrected chi connectivity index (χ0v) is 44.9. The van der Waals surface area contributed by atoms with E-state index in [1.807, 2.05) is 30.9 Å². The number of hydrogen-bond donors (Lipinski definition) is 5. The number of carbonyl (C=O) groups is 2. The summed E-state index contributed by atoms with van der Waals surface area (Å²) in [6, 6.07) is 13.4. The summed E-state index contributed by atoms with van der Waals surface area (Å²) in [5, 5.41) is 43.4. The Morgan fingerprint density at radius 3 is 2.35 bits per heavy atom. The molecule has 0 radical (unpaired) electrons. The van der Waals surface area contributed by atoms with Crippen molar-refractivity contribution in [3.63, 3.8) is 0 Å². The molecular formula is C57H59F4N13O7. The maximum atomic E-state index is 15.9. The number of alkyl halides is 3. The summed E-state index contributed by atoms with van der Waals surface area (Å²) in [6.45, 7) is 7.17. The molecule has 7 heterocycles. The predicted octanol–water partition coefficient (Wildman–Crippen LogP) is 6.91. The van der Waals surface area contributed by atoms with Crippen LogP contribution in [-0.4, -0.2) is 142 Å². The van der Waals surface area contributed by atoms with E-state index in [9.17, 15) is 19.8 Å². The lowest BCUT2D eigenvalue weighted by molar-refractivity contribution is -0.142. The minimum atomic E-state index is -4.98. The molecule has 8 aromatic rings. The van der Waals surface area contributed by atoms with Crippen molar-refractivity contribution in [2.75, 3.05) is 44.9 Å². The highest BCUT2D eigenvalue weighted by Gasteiger charge is 2.45. The molecule has 0 spiro atoms. The fraction of sp³-hybridized carbons (Fsp3) is 0.386. The third-order valence-corrected chi connectivity index (χ3v) is 15.5. The van der Waals surface area contributed by atoms with Crippen molar-refractivity contribution in [2.45, 2.75) is 95.7 Å². The van der Waals surface area contributed by atoms with Gasteiger partial charge in [-0.15, -0.1) is 5.10 Å². The Morgan fingerprint density at radius 1 is 0.914 bits per heavy atom. The Kier molecular flexibility index (Phi) is 15.1. The van der Waals surface area contributed by atoms with Crippen LogP contribution in [0.4, 0.5) is 23.4 Å². The number of amides is 2. The second-order valence-corrected chi connectivity index (χ2v) is 21.2. The number of anilines is 1. The normalized spacial score (nSPS) is 19.2. The molecule has 24 heteroatoms. The summed E-state index contributed by atoms with van der Waals surface area (Å²) in [7, 11) is 1.52. The predicted molar refractivity (Wildman–Crippen MR) is 289 cm³/mol. The van der Waals surface area contributed by atoms with Crippen LogP contribution >= 0.6 is 0 Å². The zero-order valence-electron chi connectivity index (χ0n) is 44.9. The van der Waals surface area contributed by atoms with Gasteiger partial charge in [-0.1, -0.05) is 67.6 Å². The number of aromatic nitrogens is 9. The number of benzene rings is 4. The molecule has 3 aliphatic rings. The molecule has 4 aromatic carbocycles. The van der Waals surface area contributed by atoms with Crippen molar-refractivity contribution in [2.24, 2.45) is 5.92 Å². The first-order valence-corrected chi connectivity index (χ1v) is 26.6. The van der Waals surface area contributed by atoms with E-state index in [0.717, 1.165) is 23.6 Å². The van der Waals surface area contributed by atoms with Crippen LogP contribution in [0.25, 0.3) is 55.3 Å². The van der Waals surface area contributed by atoms with Crippen molar-refractivity contribution in [3.8, 4) is 45.3 Å². The molecule has 2 amide bonds. The zero-order chi connectivity index (χ0) is 56.9. The summed E-state index contributed by atoms with van der Waals surface area (Å²) in [5.41, 5.74) is 2.31. The lowest BCUT2D eigenvalue weighted by atomic mass is 9.90. The number of aromatic amines is 1. The Morgan fingerprint density at radius 2 is 1.67 bits per heavy atom. The molecule has 20 nitrogen and oxygen atoms in total. The van der Waals surface area contributed by atoms with E-state index in [2.05, 4.69) is 41.1 Å². The van der Waals surface area contributed by atoms with Gasteiger partial charge < -0.3 is 44.9 Å². The van der Waals surface area contributed by atoms with Crippen LogP contribution in [0.2, 0.25) is 0 Å². The van der Waals surface area contributed by atoms with Gasteiger partial charge in [-0.3, -0.25) is 14.7 Å². The lowest BCUT2D eigenvalue weighted by Gasteiger charge is -2.30. The molecule has 2 bridgehead atoms. The number of H-pyrrole nitrogens is 1. The third kappa shape index (κ3) is 10.8. The number of halogens is 4. The van der Waals surface area contributed by atoms with Crippen LogP contribution < -0.4 is 25.0 Å². The molecule has 0 saturated carbocycles. The maximum absolute atomic E-state index is 15.9. The third-order valence-electron chi connectivity index (χ3n) is 15.5. The van der Waals surface area contributed by atoms with Gasteiger partial charge in [0.25, 0.3) is 0 Å². The van der Waals surface area contributed by atoms with E-state index in [-0.39, 0.29) is 101 Å². The van der Waals surface area contributed by atoms with Gasteiger partial charge in [0.2, 0.25) is 11.8 Å². The van der Waals surface area contributed by atoms with Gasteiger partial charge in [0, 0.05) is 90.7 Å². The van der Waals surface area contributed by atoms with E-state index < -0.39 is 65.8 Å². The van der Waals surface area contributed by atoms with Crippen LogP contribution in [0.5, 0.6) is 11.8 Å². The van der Waals surface area contributed by atoms with Gasteiger partial charge in [0.05, 0.1) is 48.3 Å². The van der Waals surface area contributed by atoms with Gasteiger partial charge in [-0.25, -0.2) is 19.0 Å². The number of likely N-dealkylation sites (tertiary alicyclic amines) is 1. The van der Waals surface area contributed by atoms with Crippen molar-refractivity contribution in [1.82, 2.24) is 60.7 Å². The largest absolute Gasteiger partial charge is 0.486 e. The number of methoxy groups -OCH3 is 1. The Labute approximate surface area is 461 Å². The van der Waals surface area contributed by atoms with Crippen LogP contribution in [0, 0.1) is 18.7 Å². The van der Waals surface area contributed by atoms with Gasteiger partial charge in [0.1, 0.15) is 54.5 Å². The highest BCUT2D eigenvalue weighted by atomic mass is 19.4. The first kappa shape index (κ1) is 54.8. The highest BCUT2D eigenvalue weighted by Crippen LogP contribution is 2.51. The average molecular weight is 1110 g/mol. The molecule has 4 aromatic heterocycles. The van der Waals surface area contributed by atoms with Crippen molar-refractivity contribution in [3.05, 3.63) is 120 Å². The number of ether oxygens (including phenoxy) is 3. The lowest BCUT2D eigenvalue weighted by Crippen LogP contribution is -2.50. The SMILES string of the molecule is CO[C@@H](C)COc1nc(N2C[C@@H]3C[C@H]2CN3)c2cc(C(F)(F)F)c(-c3c(C)c(F)cc4[nH]ncc34)c(OCc3ccc(-c4cn([C@H](C(=O)N5C[C@H](O)C[C@H]5C(=O)N[C@@H](CO)c5ccc(-c6cncnc6)cc5)C(C)C)nn4)cc3)c2n1. The molecule has 11 rings (SSSR count). The Hall–Kier alpha value is -8.19. The van der Waals surface area contributed by atoms with E-state index in [4.69, 9.17) is 24.2 Å². The molecule has 0 aliphatic carbocycles. The number of aliphatic hydroxyl groups excluding tert-OH is 2. The van der Waals surface area contributed by atoms with Gasteiger partial charge >= 0.3 is 12.2 Å². The minimum absolute atomic E-state index is 0.0212. The molecule has 422 valence electrons. The molecule has 3 fully saturated rings. The molecule has 81 heavy (non-hydrogen) atoms. The highest BCUT2D eigenvalue weighted by molar-refractivity contribution is 6.06. The first-order chi connectivity index (χ1) is 39.0. The van der Waals surface area contributed by atoms with Crippen molar-refractivity contribution >= 4 is 39.4 Å². The number of carbonyl (C=O) groups excluding carboxylic acids is 2. The number of rotatable bonds is 18. The van der Waals surface area contributed by atoms with Crippen LogP contribution in [0.15, 0.2) is 91.8 Å². The Balaban J connectivity index is 0.882. The number of piperazine rings is 1. The minimum Gasteiger partial charge on any atom is -0.486 e. The molecule has 5 N–H and O–H groups in total. The molecule has 0 unspecified atom stereocenters. The first-order valence-electron chi connectivity index (χ1n) is 26.6. The fourth-order valence-corrected chi connectivity index (χ4v) is 11.2. The summed E-state index contributed by atoms with van der Waals surface area (Å²) in [5.74, 6) is -2.15. The number of β-amino-alcohol motifs (C(OH)–C–C–N with tert-alkyl or cyclic N) is 1. The average Bonchev–Trinajstić information content (AvgIpc) is 3.76. The van der Waals surface area contributed by atoms with Crippen LogP contribution in [0.1, 0.15) is 68.0 Å². The summed E-state index contributed by atoms with van der Waals surface area (Å²) < 4.78 is 83.0. The molecule has 3 aliphatic heterocycles. The molecule has 7 atom stereocenters. The summed E-state index contributed by atoms with van der Waals surface area (Å²) >= 11 is 0. The van der Waals surface area contributed by atoms with E-state index in [0.29, 0.717) is 35.5 Å². The summed E-state index contributed by atoms with van der Waals surface area (Å²) in [6.07, 6.45) is 2.13. The monoisotopic (exact) mass is 1110 g/mol. The van der Waals surface area contributed by atoms with Gasteiger partial charge in [-0.2, -0.15) is 28.2 Å². The van der Waals surface area contributed by atoms with E-state index >= 15 is 17.6 Å². The second-order valence-electron chi connectivity index (χ2n) is 21.2. The smallest absolute Gasteiger partial charge is 0.417 e. The molecule has 3 saturated heterocycles. The summed E-state index contributed by atoms with van der Waals surface area (Å²) in [4.78, 5) is 49.4. The number of hydrogen-bond acceptors (Lipinski definition) is 16. The van der Waals surface area contributed by atoms with Crippen molar-refractivity contribution < 1.29 is 51.6 Å². The van der Waals surface area contributed by atoms with Crippen molar-refractivity contribution in [1.29, 1.82) is 0 Å². The maximum Gasteiger partial charge on any atom is 0.417 e. The number of nitrogens with zero attached hydrogens (tertiary/aromatic N) is 10. The number of fused-ring (bicyclic) bond motifs is 4. The number of aliphatic hydroxyl groups is 2. The molecular weight excluding hydrogens is 1050 g/mol.